The summed E-state index contributed by atoms with van der Waals surface area (Å²) in [5.41, 5.74) is 5.26. The van der Waals surface area contributed by atoms with E-state index in [-0.39, 0.29) is 11.7 Å². The average molecular weight is 358 g/mol. The van der Waals surface area contributed by atoms with E-state index in [1.54, 1.807) is 25.3 Å². The highest BCUT2D eigenvalue weighted by atomic mass is 79.9. The van der Waals surface area contributed by atoms with Gasteiger partial charge in [0.1, 0.15) is 11.2 Å². The van der Waals surface area contributed by atoms with Crippen molar-refractivity contribution in [3.05, 3.63) is 22.7 Å². The Balaban J connectivity index is 3.08. The first-order valence-electron chi connectivity index (χ1n) is 6.58. The monoisotopic (exact) mass is 357 g/mol. The van der Waals surface area contributed by atoms with Gasteiger partial charge in [-0.15, -0.1) is 0 Å². The lowest BCUT2D eigenvalue weighted by Gasteiger charge is -2.28. The third kappa shape index (κ3) is 3.47. The molecule has 1 aromatic rings. The number of rotatable bonds is 6. The standard InChI is InChI=1S/C14H20BrN3O3/c1-4-14(5-2,12(16)18-20)13(19)17-9-6-7-10(15)11(8-9)21-3/h6-8,20H,4-5H2,1-3H3,(H2,16,18)(H,17,19). The van der Waals surface area contributed by atoms with Gasteiger partial charge in [-0.05, 0) is 40.9 Å². The van der Waals surface area contributed by atoms with Crippen LogP contribution in [0.3, 0.4) is 0 Å². The van der Waals surface area contributed by atoms with Gasteiger partial charge in [0, 0.05) is 11.8 Å². The summed E-state index contributed by atoms with van der Waals surface area (Å²) in [6.45, 7) is 3.65. The first-order valence-corrected chi connectivity index (χ1v) is 7.37. The Morgan fingerprint density at radius 1 is 1.48 bits per heavy atom. The Hall–Kier alpha value is -1.76. The topological polar surface area (TPSA) is 96.9 Å². The van der Waals surface area contributed by atoms with Crippen LogP contribution in [0.2, 0.25) is 0 Å². The first kappa shape index (κ1) is 17.3. The number of amides is 1. The fourth-order valence-corrected chi connectivity index (χ4v) is 2.54. The number of ether oxygens (including phenoxy) is 1. The number of amidine groups is 1. The molecule has 0 unspecified atom stereocenters. The van der Waals surface area contributed by atoms with Crippen LogP contribution in [0.1, 0.15) is 26.7 Å². The molecule has 116 valence electrons. The SMILES string of the molecule is CCC(CC)(C(=O)Nc1ccc(Br)c(OC)c1)/C(N)=N/O. The highest BCUT2D eigenvalue weighted by molar-refractivity contribution is 9.10. The van der Waals surface area contributed by atoms with Gasteiger partial charge >= 0.3 is 0 Å². The Kier molecular flexibility index (Phi) is 6.02. The van der Waals surface area contributed by atoms with Crippen molar-refractivity contribution in [2.75, 3.05) is 12.4 Å². The molecule has 0 aliphatic carbocycles. The molecule has 0 aromatic heterocycles. The highest BCUT2D eigenvalue weighted by Gasteiger charge is 2.39. The second kappa shape index (κ2) is 7.31. The van der Waals surface area contributed by atoms with Gasteiger partial charge in [0.25, 0.3) is 0 Å². The second-order valence-corrected chi connectivity index (χ2v) is 5.43. The average Bonchev–Trinajstić information content (AvgIpc) is 2.50. The molecule has 1 rings (SSSR count). The van der Waals surface area contributed by atoms with Crippen LogP contribution >= 0.6 is 15.9 Å². The third-order valence-corrected chi connectivity index (χ3v) is 4.30. The van der Waals surface area contributed by atoms with E-state index in [1.165, 1.54) is 0 Å². The second-order valence-electron chi connectivity index (χ2n) is 4.58. The Morgan fingerprint density at radius 2 is 2.10 bits per heavy atom. The molecule has 0 aliphatic heterocycles. The molecule has 7 heteroatoms. The molecule has 21 heavy (non-hydrogen) atoms. The van der Waals surface area contributed by atoms with Gasteiger partial charge in [-0.1, -0.05) is 19.0 Å². The lowest BCUT2D eigenvalue weighted by atomic mass is 9.80. The van der Waals surface area contributed by atoms with Crippen LogP contribution in [0.25, 0.3) is 0 Å². The van der Waals surface area contributed by atoms with E-state index in [0.717, 1.165) is 4.47 Å². The summed E-state index contributed by atoms with van der Waals surface area (Å²) in [5, 5.41) is 14.7. The van der Waals surface area contributed by atoms with Crippen LogP contribution in [-0.4, -0.2) is 24.1 Å². The van der Waals surface area contributed by atoms with Gasteiger partial charge in [0.15, 0.2) is 5.84 Å². The Bertz CT molecular complexity index is 542. The van der Waals surface area contributed by atoms with Crippen LogP contribution < -0.4 is 15.8 Å². The van der Waals surface area contributed by atoms with Crippen molar-refractivity contribution >= 4 is 33.4 Å². The number of hydrogen-bond donors (Lipinski definition) is 3. The van der Waals surface area contributed by atoms with Gasteiger partial charge in [-0.25, -0.2) is 0 Å². The molecular weight excluding hydrogens is 338 g/mol. The maximum Gasteiger partial charge on any atom is 0.238 e. The quantitative estimate of drug-likeness (QED) is 0.315. The molecule has 1 aromatic carbocycles. The zero-order valence-electron chi connectivity index (χ0n) is 12.3. The maximum absolute atomic E-state index is 12.5. The summed E-state index contributed by atoms with van der Waals surface area (Å²) in [6, 6.07) is 5.22. The normalized spacial score (nSPS) is 12.1. The minimum Gasteiger partial charge on any atom is -0.495 e. The minimum atomic E-state index is -1.03. The molecule has 0 bridgehead atoms. The molecule has 0 fully saturated rings. The van der Waals surface area contributed by atoms with Crippen LogP contribution in [-0.2, 0) is 4.79 Å². The molecular formula is C14H20BrN3O3. The number of nitrogens with two attached hydrogens (primary N) is 1. The zero-order valence-corrected chi connectivity index (χ0v) is 13.9. The van der Waals surface area contributed by atoms with Gasteiger partial charge in [-0.3, -0.25) is 4.79 Å². The molecule has 4 N–H and O–H groups in total. The molecule has 6 nitrogen and oxygen atoms in total. The van der Waals surface area contributed by atoms with Gasteiger partial charge in [-0.2, -0.15) is 0 Å². The lowest BCUT2D eigenvalue weighted by molar-refractivity contribution is -0.122. The summed E-state index contributed by atoms with van der Waals surface area (Å²) in [5.74, 6) is 0.205. The molecule has 0 radical (unpaired) electrons. The van der Waals surface area contributed by atoms with E-state index in [1.807, 2.05) is 13.8 Å². The Morgan fingerprint density at radius 3 is 2.57 bits per heavy atom. The van der Waals surface area contributed by atoms with Gasteiger partial charge in [0.05, 0.1) is 11.6 Å². The number of carbonyl (C=O) groups is 1. The molecule has 0 atom stereocenters. The van der Waals surface area contributed by atoms with E-state index < -0.39 is 5.41 Å². The predicted molar refractivity (Wildman–Crippen MR) is 85.7 cm³/mol. The van der Waals surface area contributed by atoms with Gasteiger partial charge < -0.3 is 21.0 Å². The van der Waals surface area contributed by atoms with E-state index in [9.17, 15) is 4.79 Å². The molecule has 0 heterocycles. The number of methoxy groups -OCH3 is 1. The molecule has 0 saturated heterocycles. The van der Waals surface area contributed by atoms with Crippen molar-refractivity contribution in [2.24, 2.45) is 16.3 Å². The number of anilines is 1. The fourth-order valence-electron chi connectivity index (χ4n) is 2.13. The smallest absolute Gasteiger partial charge is 0.238 e. The number of hydrogen-bond acceptors (Lipinski definition) is 4. The predicted octanol–water partition coefficient (Wildman–Crippen LogP) is 2.95. The van der Waals surface area contributed by atoms with Crippen LogP contribution in [0, 0.1) is 5.41 Å². The Labute approximate surface area is 132 Å². The summed E-state index contributed by atoms with van der Waals surface area (Å²) in [4.78, 5) is 12.5. The number of carbonyl (C=O) groups excluding carboxylic acids is 1. The van der Waals surface area contributed by atoms with Crippen molar-refractivity contribution in [3.8, 4) is 5.75 Å². The lowest BCUT2D eigenvalue weighted by Crippen LogP contribution is -2.46. The van der Waals surface area contributed by atoms with Crippen LogP contribution in [0.15, 0.2) is 27.8 Å². The van der Waals surface area contributed by atoms with E-state index in [2.05, 4.69) is 26.4 Å². The van der Waals surface area contributed by atoms with E-state index in [0.29, 0.717) is 24.3 Å². The number of benzene rings is 1. The summed E-state index contributed by atoms with van der Waals surface area (Å²) < 4.78 is 5.98. The largest absolute Gasteiger partial charge is 0.495 e. The summed E-state index contributed by atoms with van der Waals surface area (Å²) >= 11 is 3.35. The third-order valence-electron chi connectivity index (χ3n) is 3.65. The first-order chi connectivity index (χ1) is 9.94. The van der Waals surface area contributed by atoms with Crippen molar-refractivity contribution in [1.29, 1.82) is 0 Å². The van der Waals surface area contributed by atoms with Crippen LogP contribution in [0.5, 0.6) is 5.75 Å². The summed E-state index contributed by atoms with van der Waals surface area (Å²) in [7, 11) is 1.55. The number of nitrogens with one attached hydrogen (secondary N) is 1. The highest BCUT2D eigenvalue weighted by Crippen LogP contribution is 2.31. The number of nitrogens with zero attached hydrogens (tertiary/aromatic N) is 1. The molecule has 0 spiro atoms. The van der Waals surface area contributed by atoms with Crippen molar-refractivity contribution in [2.45, 2.75) is 26.7 Å². The van der Waals surface area contributed by atoms with E-state index >= 15 is 0 Å². The fraction of sp³-hybridized carbons (Fsp3) is 0.429. The summed E-state index contributed by atoms with van der Waals surface area (Å²) in [6.07, 6.45) is 0.859. The van der Waals surface area contributed by atoms with Crippen molar-refractivity contribution in [3.63, 3.8) is 0 Å². The van der Waals surface area contributed by atoms with Crippen molar-refractivity contribution < 1.29 is 14.7 Å². The maximum atomic E-state index is 12.5. The van der Waals surface area contributed by atoms with E-state index in [4.69, 9.17) is 15.7 Å². The minimum absolute atomic E-state index is 0.0888. The molecule has 0 saturated carbocycles. The van der Waals surface area contributed by atoms with Gasteiger partial charge in [0.2, 0.25) is 5.91 Å². The molecule has 0 aliphatic rings. The molecule has 1 amide bonds. The van der Waals surface area contributed by atoms with Crippen LogP contribution in [0.4, 0.5) is 5.69 Å². The number of halogens is 1. The number of oxime groups is 1. The van der Waals surface area contributed by atoms with Crippen molar-refractivity contribution in [1.82, 2.24) is 0 Å². The zero-order chi connectivity index (χ0) is 16.0.